The molecule has 0 amide bonds. The minimum Gasteiger partial charge on any atom is -0.494 e. The van der Waals surface area contributed by atoms with Crippen LogP contribution < -0.4 is 10.1 Å². The van der Waals surface area contributed by atoms with E-state index >= 15 is 0 Å². The third-order valence-corrected chi connectivity index (χ3v) is 2.50. The maximum absolute atomic E-state index is 5.54. The minimum absolute atomic E-state index is 0.644. The Kier molecular flexibility index (Phi) is 7.94. The average molecular weight is 263 g/mol. The highest BCUT2D eigenvalue weighted by Crippen LogP contribution is 2.12. The summed E-state index contributed by atoms with van der Waals surface area (Å²) in [5.74, 6) is 0.940. The minimum atomic E-state index is 0.644. The predicted octanol–water partition coefficient (Wildman–Crippen LogP) is 3.16. The second kappa shape index (κ2) is 9.59. The van der Waals surface area contributed by atoms with Crippen molar-refractivity contribution < 1.29 is 9.47 Å². The summed E-state index contributed by atoms with van der Waals surface area (Å²) >= 11 is 0. The van der Waals surface area contributed by atoms with E-state index in [1.165, 1.54) is 5.56 Å². The Hall–Kier alpha value is -1.32. The summed E-state index contributed by atoms with van der Waals surface area (Å²) in [6.45, 7) is 11.7. The van der Waals surface area contributed by atoms with Crippen LogP contribution in [-0.2, 0) is 11.3 Å². The van der Waals surface area contributed by atoms with Crippen LogP contribution in [0.3, 0.4) is 0 Å². The number of ether oxygens (including phenoxy) is 2. The smallest absolute Gasteiger partial charge is 0.119 e. The van der Waals surface area contributed by atoms with Crippen molar-refractivity contribution in [3.8, 4) is 5.75 Å². The number of benzene rings is 1. The molecular weight excluding hydrogens is 238 g/mol. The number of hydrogen-bond acceptors (Lipinski definition) is 3. The lowest BCUT2D eigenvalue weighted by Crippen LogP contribution is -2.19. The standard InChI is InChI=1S/C16H25NO2/c1-4-10-19-16-7-5-15(6-8-16)12-17-9-11-18-13-14(2)3/h5-8,17H,2,4,9-13H2,1,3H3. The van der Waals surface area contributed by atoms with Gasteiger partial charge >= 0.3 is 0 Å². The van der Waals surface area contributed by atoms with E-state index in [1.54, 1.807) is 0 Å². The summed E-state index contributed by atoms with van der Waals surface area (Å²) < 4.78 is 11.0. The van der Waals surface area contributed by atoms with Crippen LogP contribution in [0.1, 0.15) is 25.8 Å². The van der Waals surface area contributed by atoms with Gasteiger partial charge in [-0.25, -0.2) is 0 Å². The van der Waals surface area contributed by atoms with Gasteiger partial charge in [-0.3, -0.25) is 0 Å². The summed E-state index contributed by atoms with van der Waals surface area (Å²) in [5.41, 5.74) is 2.31. The van der Waals surface area contributed by atoms with Gasteiger partial charge in [0, 0.05) is 13.1 Å². The average Bonchev–Trinajstić information content (AvgIpc) is 2.41. The molecule has 1 aromatic rings. The zero-order valence-corrected chi connectivity index (χ0v) is 12.1. The Labute approximate surface area is 116 Å². The van der Waals surface area contributed by atoms with Gasteiger partial charge in [0.15, 0.2) is 0 Å². The highest BCUT2D eigenvalue weighted by molar-refractivity contribution is 5.27. The zero-order valence-electron chi connectivity index (χ0n) is 12.1. The summed E-state index contributed by atoms with van der Waals surface area (Å²) in [5, 5.41) is 3.34. The van der Waals surface area contributed by atoms with E-state index in [-0.39, 0.29) is 0 Å². The second-order valence-electron chi connectivity index (χ2n) is 4.68. The first-order valence-corrected chi connectivity index (χ1v) is 6.87. The first-order valence-electron chi connectivity index (χ1n) is 6.87. The normalized spacial score (nSPS) is 10.4. The molecule has 1 rings (SSSR count). The van der Waals surface area contributed by atoms with E-state index in [9.17, 15) is 0 Å². The third-order valence-electron chi connectivity index (χ3n) is 2.50. The molecular formula is C16H25NO2. The molecule has 106 valence electrons. The first-order chi connectivity index (χ1) is 9.22. The molecule has 1 aromatic carbocycles. The summed E-state index contributed by atoms with van der Waals surface area (Å²) in [7, 11) is 0. The molecule has 3 heteroatoms. The monoisotopic (exact) mass is 263 g/mol. The van der Waals surface area contributed by atoms with Gasteiger partial charge in [0.2, 0.25) is 0 Å². The van der Waals surface area contributed by atoms with E-state index in [2.05, 4.69) is 31.0 Å². The molecule has 3 nitrogen and oxygen atoms in total. The van der Waals surface area contributed by atoms with Crippen LogP contribution in [-0.4, -0.2) is 26.4 Å². The Bertz CT molecular complexity index is 360. The predicted molar refractivity (Wildman–Crippen MR) is 79.6 cm³/mol. The van der Waals surface area contributed by atoms with Crippen LogP contribution in [0.2, 0.25) is 0 Å². The molecule has 0 aliphatic carbocycles. The molecule has 0 aromatic heterocycles. The fourth-order valence-corrected chi connectivity index (χ4v) is 1.55. The largest absolute Gasteiger partial charge is 0.494 e. The van der Waals surface area contributed by atoms with Crippen molar-refractivity contribution in [1.82, 2.24) is 5.32 Å². The van der Waals surface area contributed by atoms with E-state index in [1.807, 2.05) is 19.1 Å². The molecule has 1 N–H and O–H groups in total. The Morgan fingerprint density at radius 3 is 2.58 bits per heavy atom. The van der Waals surface area contributed by atoms with Gasteiger partial charge in [0.1, 0.15) is 5.75 Å². The van der Waals surface area contributed by atoms with E-state index in [0.717, 1.165) is 37.4 Å². The van der Waals surface area contributed by atoms with Crippen molar-refractivity contribution in [3.05, 3.63) is 42.0 Å². The van der Waals surface area contributed by atoms with Crippen molar-refractivity contribution in [2.75, 3.05) is 26.4 Å². The van der Waals surface area contributed by atoms with Crippen molar-refractivity contribution in [2.24, 2.45) is 0 Å². The molecule has 0 aliphatic heterocycles. The van der Waals surface area contributed by atoms with Gasteiger partial charge in [-0.1, -0.05) is 31.2 Å². The number of hydrogen-bond donors (Lipinski definition) is 1. The number of nitrogens with one attached hydrogen (secondary N) is 1. The van der Waals surface area contributed by atoms with Crippen LogP contribution in [0.15, 0.2) is 36.4 Å². The molecule has 0 radical (unpaired) electrons. The van der Waals surface area contributed by atoms with Crippen LogP contribution >= 0.6 is 0 Å². The van der Waals surface area contributed by atoms with Gasteiger partial charge in [-0.2, -0.15) is 0 Å². The van der Waals surface area contributed by atoms with E-state index in [4.69, 9.17) is 9.47 Å². The second-order valence-corrected chi connectivity index (χ2v) is 4.68. The van der Waals surface area contributed by atoms with E-state index < -0.39 is 0 Å². The van der Waals surface area contributed by atoms with Crippen molar-refractivity contribution >= 4 is 0 Å². The summed E-state index contributed by atoms with van der Waals surface area (Å²) in [6, 6.07) is 8.22. The van der Waals surface area contributed by atoms with Crippen molar-refractivity contribution in [1.29, 1.82) is 0 Å². The lowest BCUT2D eigenvalue weighted by molar-refractivity contribution is 0.158. The van der Waals surface area contributed by atoms with Crippen LogP contribution in [0.5, 0.6) is 5.75 Å². The van der Waals surface area contributed by atoms with Crippen LogP contribution in [0.4, 0.5) is 0 Å². The van der Waals surface area contributed by atoms with Gasteiger partial charge < -0.3 is 14.8 Å². The Balaban J connectivity index is 2.14. The Morgan fingerprint density at radius 1 is 1.21 bits per heavy atom. The van der Waals surface area contributed by atoms with Crippen LogP contribution in [0.25, 0.3) is 0 Å². The molecule has 19 heavy (non-hydrogen) atoms. The molecule has 0 unspecified atom stereocenters. The van der Waals surface area contributed by atoms with Crippen LogP contribution in [0, 0.1) is 0 Å². The number of rotatable bonds is 10. The van der Waals surface area contributed by atoms with Gasteiger partial charge in [-0.15, -0.1) is 0 Å². The van der Waals surface area contributed by atoms with Gasteiger partial charge in [0.05, 0.1) is 19.8 Å². The third kappa shape index (κ3) is 7.65. The maximum atomic E-state index is 5.54. The molecule has 0 aliphatic rings. The first kappa shape index (κ1) is 15.7. The highest BCUT2D eigenvalue weighted by atomic mass is 16.5. The SMILES string of the molecule is C=C(C)COCCNCc1ccc(OCCC)cc1. The zero-order chi connectivity index (χ0) is 13.9. The molecule has 0 atom stereocenters. The molecule has 0 saturated heterocycles. The fourth-order valence-electron chi connectivity index (χ4n) is 1.55. The fraction of sp³-hybridized carbons (Fsp3) is 0.500. The van der Waals surface area contributed by atoms with E-state index in [0.29, 0.717) is 13.2 Å². The van der Waals surface area contributed by atoms with Crippen molar-refractivity contribution in [2.45, 2.75) is 26.8 Å². The van der Waals surface area contributed by atoms with Gasteiger partial charge in [0.25, 0.3) is 0 Å². The lowest BCUT2D eigenvalue weighted by atomic mass is 10.2. The lowest BCUT2D eigenvalue weighted by Gasteiger charge is -2.08. The molecule has 0 saturated carbocycles. The van der Waals surface area contributed by atoms with Gasteiger partial charge in [-0.05, 0) is 31.0 Å². The summed E-state index contributed by atoms with van der Waals surface area (Å²) in [6.07, 6.45) is 1.04. The van der Waals surface area contributed by atoms with Crippen molar-refractivity contribution in [3.63, 3.8) is 0 Å². The molecule has 0 bridgehead atoms. The topological polar surface area (TPSA) is 30.5 Å². The molecule has 0 heterocycles. The quantitative estimate of drug-likeness (QED) is 0.519. The summed E-state index contributed by atoms with van der Waals surface area (Å²) in [4.78, 5) is 0. The maximum Gasteiger partial charge on any atom is 0.119 e. The molecule has 0 fully saturated rings. The Morgan fingerprint density at radius 2 is 1.95 bits per heavy atom. The molecule has 0 spiro atoms. The highest BCUT2D eigenvalue weighted by Gasteiger charge is 1.95.